The first-order valence-electron chi connectivity index (χ1n) is 9.85. The van der Waals surface area contributed by atoms with Gasteiger partial charge in [-0.25, -0.2) is 9.67 Å². The monoisotopic (exact) mass is 413 g/mol. The van der Waals surface area contributed by atoms with E-state index in [1.807, 2.05) is 72.8 Å². The highest BCUT2D eigenvalue weighted by Crippen LogP contribution is 2.29. The maximum atomic E-state index is 10.4. The summed E-state index contributed by atoms with van der Waals surface area (Å²) in [4.78, 5) is 4.68. The van der Waals surface area contributed by atoms with E-state index in [0.29, 0.717) is 35.3 Å². The van der Waals surface area contributed by atoms with E-state index in [2.05, 4.69) is 10.1 Å². The SMILES string of the molecule is COc1ccc(C=Cc2nc(-c3ccccc3O)n(Cc3ccccc3)n2)cc1OC. The number of methoxy groups -OCH3 is 2. The summed E-state index contributed by atoms with van der Waals surface area (Å²) in [5, 5.41) is 15.0. The largest absolute Gasteiger partial charge is 0.507 e. The van der Waals surface area contributed by atoms with E-state index < -0.39 is 0 Å². The average molecular weight is 413 g/mol. The van der Waals surface area contributed by atoms with Crippen LogP contribution in [0.2, 0.25) is 0 Å². The molecule has 0 unspecified atom stereocenters. The maximum absolute atomic E-state index is 10.4. The van der Waals surface area contributed by atoms with Crippen LogP contribution in [0.4, 0.5) is 0 Å². The molecule has 0 bridgehead atoms. The Balaban J connectivity index is 1.69. The molecule has 0 radical (unpaired) electrons. The van der Waals surface area contributed by atoms with Gasteiger partial charge in [-0.3, -0.25) is 0 Å². The molecule has 4 aromatic rings. The Morgan fingerprint density at radius 1 is 0.871 bits per heavy atom. The number of hydrogen-bond donors (Lipinski definition) is 1. The van der Waals surface area contributed by atoms with Gasteiger partial charge in [0.2, 0.25) is 0 Å². The zero-order valence-corrected chi connectivity index (χ0v) is 17.4. The summed E-state index contributed by atoms with van der Waals surface area (Å²) >= 11 is 0. The van der Waals surface area contributed by atoms with Crippen LogP contribution >= 0.6 is 0 Å². The number of aromatic nitrogens is 3. The maximum Gasteiger partial charge on any atom is 0.174 e. The lowest BCUT2D eigenvalue weighted by Gasteiger charge is -2.07. The summed E-state index contributed by atoms with van der Waals surface area (Å²) in [5.74, 6) is 2.64. The van der Waals surface area contributed by atoms with Crippen molar-refractivity contribution in [2.75, 3.05) is 14.2 Å². The van der Waals surface area contributed by atoms with Crippen molar-refractivity contribution in [1.82, 2.24) is 14.8 Å². The molecule has 6 nitrogen and oxygen atoms in total. The summed E-state index contributed by atoms with van der Waals surface area (Å²) < 4.78 is 12.5. The lowest BCUT2D eigenvalue weighted by atomic mass is 10.1. The molecule has 31 heavy (non-hydrogen) atoms. The van der Waals surface area contributed by atoms with Crippen LogP contribution < -0.4 is 9.47 Å². The van der Waals surface area contributed by atoms with Gasteiger partial charge in [0.05, 0.1) is 26.3 Å². The lowest BCUT2D eigenvalue weighted by molar-refractivity contribution is 0.355. The molecule has 1 heterocycles. The molecule has 0 spiro atoms. The van der Waals surface area contributed by atoms with Crippen LogP contribution in [0.3, 0.4) is 0 Å². The van der Waals surface area contributed by atoms with Crippen LogP contribution in [0.5, 0.6) is 17.2 Å². The zero-order chi connectivity index (χ0) is 21.6. The van der Waals surface area contributed by atoms with Gasteiger partial charge in [0.25, 0.3) is 0 Å². The summed E-state index contributed by atoms with van der Waals surface area (Å²) in [6.45, 7) is 0.543. The number of nitrogens with zero attached hydrogens (tertiary/aromatic N) is 3. The fourth-order valence-electron chi connectivity index (χ4n) is 3.29. The molecule has 0 aliphatic heterocycles. The number of rotatable bonds is 7. The second-order valence-electron chi connectivity index (χ2n) is 6.90. The molecule has 0 aliphatic carbocycles. The molecule has 1 N–H and O–H groups in total. The van der Waals surface area contributed by atoms with Gasteiger partial charge in [0.15, 0.2) is 23.1 Å². The van der Waals surface area contributed by atoms with Crippen molar-refractivity contribution >= 4 is 12.2 Å². The Morgan fingerprint density at radius 2 is 1.61 bits per heavy atom. The Morgan fingerprint density at radius 3 is 2.35 bits per heavy atom. The molecule has 0 saturated carbocycles. The minimum Gasteiger partial charge on any atom is -0.507 e. The van der Waals surface area contributed by atoms with Crippen molar-refractivity contribution in [3.63, 3.8) is 0 Å². The predicted octanol–water partition coefficient (Wildman–Crippen LogP) is 4.89. The van der Waals surface area contributed by atoms with Crippen LogP contribution in [0.1, 0.15) is 17.0 Å². The first-order chi connectivity index (χ1) is 15.2. The van der Waals surface area contributed by atoms with Crippen LogP contribution in [0.15, 0.2) is 72.8 Å². The molecule has 0 amide bonds. The molecule has 4 rings (SSSR count). The van der Waals surface area contributed by atoms with Crippen LogP contribution in [0, 0.1) is 0 Å². The minimum atomic E-state index is 0.166. The molecule has 0 atom stereocenters. The van der Waals surface area contributed by atoms with Crippen LogP contribution in [-0.2, 0) is 6.54 Å². The third-order valence-corrected chi connectivity index (χ3v) is 4.84. The van der Waals surface area contributed by atoms with Gasteiger partial charge in [-0.05, 0) is 41.5 Å². The second-order valence-corrected chi connectivity index (χ2v) is 6.90. The molecule has 3 aromatic carbocycles. The Bertz CT molecular complexity index is 1200. The Kier molecular flexibility index (Phi) is 5.98. The van der Waals surface area contributed by atoms with Gasteiger partial charge in [0.1, 0.15) is 5.75 Å². The molecule has 0 fully saturated rings. The van der Waals surface area contributed by atoms with Gasteiger partial charge >= 0.3 is 0 Å². The van der Waals surface area contributed by atoms with Crippen LogP contribution in [0.25, 0.3) is 23.5 Å². The fraction of sp³-hybridized carbons (Fsp3) is 0.120. The molecule has 0 saturated heterocycles. The van der Waals surface area contributed by atoms with Crippen molar-refractivity contribution in [3.05, 3.63) is 89.7 Å². The molecule has 1 aromatic heterocycles. The third-order valence-electron chi connectivity index (χ3n) is 4.84. The number of aromatic hydroxyl groups is 1. The highest BCUT2D eigenvalue weighted by atomic mass is 16.5. The van der Waals surface area contributed by atoms with Crippen molar-refractivity contribution in [2.24, 2.45) is 0 Å². The molecule has 0 aliphatic rings. The summed E-state index contributed by atoms with van der Waals surface area (Å²) in [6, 6.07) is 22.9. The third kappa shape index (κ3) is 4.59. The predicted molar refractivity (Wildman–Crippen MR) is 121 cm³/mol. The van der Waals surface area contributed by atoms with Crippen molar-refractivity contribution in [1.29, 1.82) is 0 Å². The van der Waals surface area contributed by atoms with E-state index in [4.69, 9.17) is 9.47 Å². The first-order valence-corrected chi connectivity index (χ1v) is 9.85. The number of phenols is 1. The van der Waals surface area contributed by atoms with Gasteiger partial charge in [-0.2, -0.15) is 5.10 Å². The standard InChI is InChI=1S/C25H23N3O3/c1-30-22-14-12-18(16-23(22)31-2)13-15-24-26-25(20-10-6-7-11-21(20)29)28(27-24)17-19-8-4-3-5-9-19/h3-16,29H,17H2,1-2H3. The molecule has 6 heteroatoms. The number of ether oxygens (including phenoxy) is 2. The van der Waals surface area contributed by atoms with Crippen molar-refractivity contribution < 1.29 is 14.6 Å². The van der Waals surface area contributed by atoms with Crippen molar-refractivity contribution in [3.8, 4) is 28.6 Å². The highest BCUT2D eigenvalue weighted by molar-refractivity contribution is 5.70. The number of benzene rings is 3. The van der Waals surface area contributed by atoms with E-state index in [1.54, 1.807) is 31.0 Å². The molecule has 156 valence electrons. The molecular weight excluding hydrogens is 390 g/mol. The second kappa shape index (κ2) is 9.17. The normalized spacial score (nSPS) is 11.0. The smallest absolute Gasteiger partial charge is 0.174 e. The van der Waals surface area contributed by atoms with Gasteiger partial charge in [0, 0.05) is 0 Å². The van der Waals surface area contributed by atoms with E-state index >= 15 is 0 Å². The molecular formula is C25H23N3O3. The first kappa shape index (κ1) is 20.2. The van der Waals surface area contributed by atoms with Crippen molar-refractivity contribution in [2.45, 2.75) is 6.54 Å². The fourth-order valence-corrected chi connectivity index (χ4v) is 3.29. The zero-order valence-electron chi connectivity index (χ0n) is 17.4. The summed E-state index contributed by atoms with van der Waals surface area (Å²) in [5.41, 5.74) is 2.66. The highest BCUT2D eigenvalue weighted by Gasteiger charge is 2.14. The number of hydrogen-bond acceptors (Lipinski definition) is 5. The lowest BCUT2D eigenvalue weighted by Crippen LogP contribution is -2.04. The van der Waals surface area contributed by atoms with Gasteiger partial charge in [-0.1, -0.05) is 54.6 Å². The topological polar surface area (TPSA) is 69.4 Å². The number of para-hydroxylation sites is 1. The van der Waals surface area contributed by atoms with Gasteiger partial charge in [-0.15, -0.1) is 0 Å². The Hall–Kier alpha value is -4.06. The van der Waals surface area contributed by atoms with E-state index in [1.165, 1.54) is 0 Å². The minimum absolute atomic E-state index is 0.166. The number of phenolic OH excluding ortho intramolecular Hbond substituents is 1. The van der Waals surface area contributed by atoms with E-state index in [-0.39, 0.29) is 5.75 Å². The quantitative estimate of drug-likeness (QED) is 0.467. The summed E-state index contributed by atoms with van der Waals surface area (Å²) in [6.07, 6.45) is 3.75. The summed E-state index contributed by atoms with van der Waals surface area (Å²) in [7, 11) is 3.22. The Labute approximate surface area is 181 Å². The van der Waals surface area contributed by atoms with Gasteiger partial charge < -0.3 is 14.6 Å². The average Bonchev–Trinajstić information content (AvgIpc) is 3.20. The van der Waals surface area contributed by atoms with E-state index in [9.17, 15) is 5.11 Å². The van der Waals surface area contributed by atoms with Crippen LogP contribution in [-0.4, -0.2) is 34.1 Å². The van der Waals surface area contributed by atoms with E-state index in [0.717, 1.165) is 11.1 Å².